The number of amides is 1. The van der Waals surface area contributed by atoms with Crippen LogP contribution in [0.15, 0.2) is 12.1 Å². The lowest BCUT2D eigenvalue weighted by Gasteiger charge is -2.30. The zero-order valence-electron chi connectivity index (χ0n) is 11.3. The first-order valence-corrected chi connectivity index (χ1v) is 6.14. The van der Waals surface area contributed by atoms with E-state index in [1.807, 2.05) is 13.8 Å². The molecule has 0 bridgehead atoms. The number of hydrogen-bond acceptors (Lipinski definition) is 4. The van der Waals surface area contributed by atoms with Crippen LogP contribution in [0, 0.1) is 10.1 Å². The molecule has 0 aliphatic heterocycles. The van der Waals surface area contributed by atoms with E-state index in [4.69, 9.17) is 0 Å². The Bertz CT molecular complexity index is 469. The summed E-state index contributed by atoms with van der Waals surface area (Å²) in [5, 5.41) is 22.9. The molecule has 2 N–H and O–H groups in total. The van der Waals surface area contributed by atoms with Crippen LogP contribution < -0.4 is 5.32 Å². The number of nitrogens with one attached hydrogen (secondary N) is 1. The van der Waals surface area contributed by atoms with Crippen molar-refractivity contribution in [2.75, 3.05) is 6.61 Å². The molecule has 0 aliphatic carbocycles. The molecule has 0 saturated carbocycles. The van der Waals surface area contributed by atoms with E-state index < -0.39 is 16.4 Å². The van der Waals surface area contributed by atoms with Crippen LogP contribution in [0.25, 0.3) is 0 Å². The molecule has 0 aromatic carbocycles. The summed E-state index contributed by atoms with van der Waals surface area (Å²) < 4.78 is 1.22. The van der Waals surface area contributed by atoms with Gasteiger partial charge in [-0.05, 0) is 23.8 Å². The molecule has 7 nitrogen and oxygen atoms in total. The third kappa shape index (κ3) is 2.93. The Balaban J connectivity index is 2.99. The van der Waals surface area contributed by atoms with Crippen LogP contribution in [-0.4, -0.2) is 32.6 Å². The Morgan fingerprint density at radius 3 is 2.42 bits per heavy atom. The number of nitrogens with zero attached hydrogens (tertiary/aromatic N) is 2. The maximum atomic E-state index is 12.1. The summed E-state index contributed by atoms with van der Waals surface area (Å²) in [6.45, 7) is 3.57. The number of carbonyl (C=O) groups excluding carboxylic acids is 1. The minimum atomic E-state index is -0.684. The van der Waals surface area contributed by atoms with Crippen LogP contribution in [0.2, 0.25) is 0 Å². The lowest BCUT2D eigenvalue weighted by molar-refractivity contribution is -0.391. The van der Waals surface area contributed by atoms with Gasteiger partial charge < -0.3 is 20.5 Å². The monoisotopic (exact) mass is 269 g/mol. The van der Waals surface area contributed by atoms with E-state index in [1.165, 1.54) is 23.7 Å². The third-order valence-corrected chi connectivity index (χ3v) is 3.55. The van der Waals surface area contributed by atoms with Crippen molar-refractivity contribution < 1.29 is 14.8 Å². The summed E-state index contributed by atoms with van der Waals surface area (Å²) in [6, 6.07) is 2.69. The predicted octanol–water partition coefficient (Wildman–Crippen LogP) is 1.21. The second-order valence-corrected chi connectivity index (χ2v) is 4.49. The van der Waals surface area contributed by atoms with Gasteiger partial charge in [0, 0.05) is 6.07 Å². The number of carbonyl (C=O) groups is 1. The molecule has 0 spiro atoms. The average Bonchev–Trinajstić information content (AvgIpc) is 2.78. The van der Waals surface area contributed by atoms with Crippen molar-refractivity contribution >= 4 is 11.7 Å². The van der Waals surface area contributed by atoms with Crippen molar-refractivity contribution in [3.8, 4) is 0 Å². The molecule has 1 amide bonds. The molecule has 1 heterocycles. The van der Waals surface area contributed by atoms with E-state index >= 15 is 0 Å². The summed E-state index contributed by atoms with van der Waals surface area (Å²) in [7, 11) is 1.46. The van der Waals surface area contributed by atoms with Crippen LogP contribution >= 0.6 is 0 Å². The van der Waals surface area contributed by atoms with Crippen LogP contribution in [0.4, 0.5) is 5.82 Å². The first-order valence-electron chi connectivity index (χ1n) is 6.14. The zero-order chi connectivity index (χ0) is 14.6. The highest BCUT2D eigenvalue weighted by Gasteiger charge is 2.30. The van der Waals surface area contributed by atoms with Gasteiger partial charge in [-0.2, -0.15) is 0 Å². The van der Waals surface area contributed by atoms with Crippen molar-refractivity contribution in [1.82, 2.24) is 9.88 Å². The van der Waals surface area contributed by atoms with Gasteiger partial charge in [-0.1, -0.05) is 13.8 Å². The van der Waals surface area contributed by atoms with Gasteiger partial charge in [0.25, 0.3) is 5.91 Å². The Morgan fingerprint density at radius 1 is 1.47 bits per heavy atom. The normalized spacial score (nSPS) is 11.4. The number of rotatable bonds is 6. The molecule has 19 heavy (non-hydrogen) atoms. The Labute approximate surface area is 111 Å². The number of hydrogen-bond donors (Lipinski definition) is 2. The second kappa shape index (κ2) is 5.83. The lowest BCUT2D eigenvalue weighted by Crippen LogP contribution is -2.50. The highest BCUT2D eigenvalue weighted by molar-refractivity contribution is 5.93. The van der Waals surface area contributed by atoms with E-state index in [2.05, 4.69) is 5.32 Å². The highest BCUT2D eigenvalue weighted by atomic mass is 16.6. The SMILES string of the molecule is CCC(CC)(CO)NC(=O)c1ccc([N+](=O)[O-])n1C. The van der Waals surface area contributed by atoms with Crippen molar-refractivity contribution in [2.24, 2.45) is 7.05 Å². The van der Waals surface area contributed by atoms with Crippen molar-refractivity contribution in [2.45, 2.75) is 32.2 Å². The highest BCUT2D eigenvalue weighted by Crippen LogP contribution is 2.18. The van der Waals surface area contributed by atoms with E-state index in [0.717, 1.165) is 0 Å². The van der Waals surface area contributed by atoms with E-state index in [-0.39, 0.29) is 18.1 Å². The van der Waals surface area contributed by atoms with Crippen molar-refractivity contribution in [1.29, 1.82) is 0 Å². The molecule has 1 aromatic heterocycles. The van der Waals surface area contributed by atoms with Gasteiger partial charge in [-0.25, -0.2) is 4.57 Å². The number of aromatic nitrogens is 1. The molecule has 0 atom stereocenters. The fraction of sp³-hybridized carbons (Fsp3) is 0.583. The maximum absolute atomic E-state index is 12.1. The smallest absolute Gasteiger partial charge is 0.323 e. The largest absolute Gasteiger partial charge is 0.394 e. The zero-order valence-corrected chi connectivity index (χ0v) is 11.3. The summed E-state index contributed by atoms with van der Waals surface area (Å²) in [5.41, 5.74) is -0.484. The van der Waals surface area contributed by atoms with Gasteiger partial charge in [-0.3, -0.25) is 4.79 Å². The summed E-state index contributed by atoms with van der Waals surface area (Å²) >= 11 is 0. The summed E-state index contributed by atoms with van der Waals surface area (Å²) in [4.78, 5) is 22.3. The minimum absolute atomic E-state index is 0.146. The fourth-order valence-corrected chi connectivity index (χ4v) is 1.91. The topological polar surface area (TPSA) is 97.4 Å². The van der Waals surface area contributed by atoms with Gasteiger partial charge in [0.15, 0.2) is 5.69 Å². The maximum Gasteiger partial charge on any atom is 0.323 e. The predicted molar refractivity (Wildman–Crippen MR) is 69.9 cm³/mol. The molecule has 7 heteroatoms. The lowest BCUT2D eigenvalue weighted by atomic mass is 9.94. The first kappa shape index (κ1) is 15.2. The van der Waals surface area contributed by atoms with Crippen molar-refractivity contribution in [3.63, 3.8) is 0 Å². The first-order chi connectivity index (χ1) is 8.90. The number of aliphatic hydroxyl groups excluding tert-OH is 1. The molecule has 1 aromatic rings. The molecule has 0 fully saturated rings. The van der Waals surface area contributed by atoms with Gasteiger partial charge >= 0.3 is 5.82 Å². The second-order valence-electron chi connectivity index (χ2n) is 4.49. The summed E-state index contributed by atoms with van der Waals surface area (Å²) in [5.74, 6) is -0.568. The molecule has 106 valence electrons. The molecular weight excluding hydrogens is 250 g/mol. The van der Waals surface area contributed by atoms with Gasteiger partial charge in [-0.15, -0.1) is 0 Å². The minimum Gasteiger partial charge on any atom is -0.394 e. The molecular formula is C12H19N3O4. The molecule has 0 aliphatic rings. The van der Waals surface area contributed by atoms with Gasteiger partial charge in [0.2, 0.25) is 0 Å². The molecule has 0 radical (unpaired) electrons. The third-order valence-electron chi connectivity index (χ3n) is 3.55. The van der Waals surface area contributed by atoms with Crippen LogP contribution in [0.3, 0.4) is 0 Å². The number of nitro groups is 1. The standard InChI is InChI=1S/C12H19N3O4/c1-4-12(5-2,8-16)13-11(17)9-6-7-10(14(9)3)15(18)19/h6-7,16H,4-5,8H2,1-3H3,(H,13,17). The Morgan fingerprint density at radius 2 is 2.05 bits per heavy atom. The van der Waals surface area contributed by atoms with Crippen LogP contribution in [0.5, 0.6) is 0 Å². The molecule has 0 unspecified atom stereocenters. The summed E-state index contributed by atoms with van der Waals surface area (Å²) in [6.07, 6.45) is 1.16. The van der Waals surface area contributed by atoms with Crippen molar-refractivity contribution in [3.05, 3.63) is 27.9 Å². The Kier molecular flexibility index (Phi) is 4.66. The molecule has 0 saturated heterocycles. The van der Waals surface area contributed by atoms with Gasteiger partial charge in [0.1, 0.15) is 0 Å². The van der Waals surface area contributed by atoms with Gasteiger partial charge in [0.05, 0.1) is 19.2 Å². The van der Waals surface area contributed by atoms with Crippen LogP contribution in [0.1, 0.15) is 37.2 Å². The van der Waals surface area contributed by atoms with E-state index in [9.17, 15) is 20.0 Å². The molecule has 1 rings (SSSR count). The average molecular weight is 269 g/mol. The Hall–Kier alpha value is -1.89. The number of aliphatic hydroxyl groups is 1. The quantitative estimate of drug-likeness (QED) is 0.599. The van der Waals surface area contributed by atoms with Crippen LogP contribution in [-0.2, 0) is 7.05 Å². The fourth-order valence-electron chi connectivity index (χ4n) is 1.91. The van der Waals surface area contributed by atoms with E-state index in [1.54, 1.807) is 0 Å². The van der Waals surface area contributed by atoms with E-state index in [0.29, 0.717) is 12.8 Å².